The fourth-order valence-corrected chi connectivity index (χ4v) is 6.88. The van der Waals surface area contributed by atoms with E-state index in [1.165, 1.54) is 34.4 Å². The van der Waals surface area contributed by atoms with E-state index in [9.17, 15) is 23.9 Å². The van der Waals surface area contributed by atoms with Crippen LogP contribution in [0, 0.1) is 11.7 Å². The number of piperidine rings is 1. The molecule has 8 heteroatoms. The van der Waals surface area contributed by atoms with E-state index in [2.05, 4.69) is 0 Å². The number of hydrogen-bond acceptors (Lipinski definition) is 5. The molecule has 2 aliphatic heterocycles. The fraction of sp³-hybridized carbons (Fsp3) is 0.519. The molecule has 3 amide bonds. The van der Waals surface area contributed by atoms with Gasteiger partial charge in [0.25, 0.3) is 0 Å². The second-order valence-electron chi connectivity index (χ2n) is 10.1. The Balaban J connectivity index is 1.34. The Hall–Kier alpha value is -2.58. The molecule has 1 aromatic carbocycles. The van der Waals surface area contributed by atoms with Gasteiger partial charge in [0.2, 0.25) is 17.7 Å². The zero-order valence-electron chi connectivity index (χ0n) is 19.7. The molecule has 5 rings (SSSR count). The standard InChI is InChI=1S/C27H31FN2O4S/c28-20-6-3-5-19(15-20)27(17-24(32)30(26(27)34)21-7-1-2-8-21)16-23(31)29-12-10-18(11-13-29)25(33)22-9-4-14-35-22/h3-6,9,14-15,18,21,25,33H,1-2,7-8,10-13,16-17H2/t25-,27-/m1/s1. The van der Waals surface area contributed by atoms with Crippen LogP contribution in [0.1, 0.15) is 67.9 Å². The SMILES string of the molecule is O=C(C[C@]1(c2cccc(F)c2)CC(=O)N(C2CCCC2)C1=O)N1CCC([C@@H](O)c2cccs2)CC1. The van der Waals surface area contributed by atoms with Crippen LogP contribution in [-0.2, 0) is 19.8 Å². The second-order valence-corrected chi connectivity index (χ2v) is 11.1. The Morgan fingerprint density at radius 2 is 1.86 bits per heavy atom. The summed E-state index contributed by atoms with van der Waals surface area (Å²) in [5.41, 5.74) is -0.973. The smallest absolute Gasteiger partial charge is 0.241 e. The quantitative estimate of drug-likeness (QED) is 0.606. The average molecular weight is 499 g/mol. The molecule has 1 aromatic heterocycles. The molecule has 3 fully saturated rings. The number of aliphatic hydroxyl groups is 1. The zero-order chi connectivity index (χ0) is 24.6. The molecular weight excluding hydrogens is 467 g/mol. The molecule has 3 aliphatic rings. The highest BCUT2D eigenvalue weighted by molar-refractivity contribution is 7.10. The summed E-state index contributed by atoms with van der Waals surface area (Å²) in [6.07, 6.45) is 4.04. The van der Waals surface area contributed by atoms with Crippen molar-refractivity contribution in [2.75, 3.05) is 13.1 Å². The minimum atomic E-state index is -1.37. The third-order valence-electron chi connectivity index (χ3n) is 8.04. The summed E-state index contributed by atoms with van der Waals surface area (Å²) in [6, 6.07) is 9.50. The summed E-state index contributed by atoms with van der Waals surface area (Å²) in [4.78, 5) is 44.4. The highest BCUT2D eigenvalue weighted by atomic mass is 32.1. The normalized spacial score (nSPS) is 25.0. The van der Waals surface area contributed by atoms with Crippen molar-refractivity contribution in [1.29, 1.82) is 0 Å². The monoisotopic (exact) mass is 498 g/mol. The summed E-state index contributed by atoms with van der Waals surface area (Å²) < 4.78 is 14.2. The van der Waals surface area contributed by atoms with Crippen molar-refractivity contribution in [3.05, 3.63) is 58.0 Å². The van der Waals surface area contributed by atoms with Gasteiger partial charge in [-0.05, 0) is 60.7 Å². The van der Waals surface area contributed by atoms with Gasteiger partial charge in [-0.1, -0.05) is 31.0 Å². The van der Waals surface area contributed by atoms with Gasteiger partial charge in [0.15, 0.2) is 0 Å². The minimum Gasteiger partial charge on any atom is -0.387 e. The van der Waals surface area contributed by atoms with Gasteiger partial charge in [0.05, 0.1) is 11.5 Å². The lowest BCUT2D eigenvalue weighted by atomic mass is 9.75. The van der Waals surface area contributed by atoms with Gasteiger partial charge < -0.3 is 10.0 Å². The highest BCUT2D eigenvalue weighted by Gasteiger charge is 2.56. The molecule has 6 nitrogen and oxygen atoms in total. The van der Waals surface area contributed by atoms with Crippen LogP contribution in [0.3, 0.4) is 0 Å². The number of rotatable bonds is 6. The molecule has 0 spiro atoms. The summed E-state index contributed by atoms with van der Waals surface area (Å²) in [7, 11) is 0. The summed E-state index contributed by atoms with van der Waals surface area (Å²) in [6.45, 7) is 0.972. The molecule has 186 valence electrons. The van der Waals surface area contributed by atoms with Crippen molar-refractivity contribution in [2.45, 2.75) is 68.9 Å². The average Bonchev–Trinajstić information content (AvgIpc) is 3.61. The summed E-state index contributed by atoms with van der Waals surface area (Å²) in [5.74, 6) is -1.25. The van der Waals surface area contributed by atoms with Crippen molar-refractivity contribution in [2.24, 2.45) is 5.92 Å². The zero-order valence-corrected chi connectivity index (χ0v) is 20.5. The van der Waals surface area contributed by atoms with Gasteiger partial charge in [-0.25, -0.2) is 4.39 Å². The van der Waals surface area contributed by atoms with E-state index in [-0.39, 0.29) is 42.5 Å². The number of imide groups is 1. The first-order valence-corrected chi connectivity index (χ1v) is 13.4. The van der Waals surface area contributed by atoms with E-state index < -0.39 is 17.3 Å². The van der Waals surface area contributed by atoms with Crippen molar-refractivity contribution in [3.63, 3.8) is 0 Å². The van der Waals surface area contributed by atoms with Crippen LogP contribution in [-0.4, -0.2) is 51.8 Å². The van der Waals surface area contributed by atoms with Gasteiger partial charge in [-0.15, -0.1) is 11.3 Å². The summed E-state index contributed by atoms with van der Waals surface area (Å²) in [5, 5.41) is 12.6. The van der Waals surface area contributed by atoms with E-state index in [4.69, 9.17) is 0 Å². The predicted molar refractivity (Wildman–Crippen MR) is 130 cm³/mol. The van der Waals surface area contributed by atoms with E-state index in [1.807, 2.05) is 17.5 Å². The lowest BCUT2D eigenvalue weighted by Gasteiger charge is -2.36. The van der Waals surface area contributed by atoms with Crippen LogP contribution in [0.4, 0.5) is 4.39 Å². The maximum absolute atomic E-state index is 14.2. The Labute approximate surface area is 208 Å². The molecule has 0 unspecified atom stereocenters. The summed E-state index contributed by atoms with van der Waals surface area (Å²) >= 11 is 1.53. The van der Waals surface area contributed by atoms with Crippen molar-refractivity contribution >= 4 is 29.1 Å². The van der Waals surface area contributed by atoms with Gasteiger partial charge in [-0.2, -0.15) is 0 Å². The number of hydrogen-bond donors (Lipinski definition) is 1. The second kappa shape index (κ2) is 9.82. The molecule has 1 saturated carbocycles. The molecule has 2 saturated heterocycles. The number of amides is 3. The minimum absolute atomic E-state index is 0.0717. The van der Waals surface area contributed by atoms with Crippen LogP contribution < -0.4 is 0 Å². The highest BCUT2D eigenvalue weighted by Crippen LogP contribution is 2.43. The number of aliphatic hydroxyl groups excluding tert-OH is 1. The lowest BCUT2D eigenvalue weighted by molar-refractivity contribution is -0.145. The van der Waals surface area contributed by atoms with Gasteiger partial charge in [0.1, 0.15) is 5.82 Å². The third-order valence-corrected chi connectivity index (χ3v) is 8.99. The van der Waals surface area contributed by atoms with E-state index in [0.717, 1.165) is 30.6 Å². The van der Waals surface area contributed by atoms with Crippen molar-refractivity contribution in [1.82, 2.24) is 9.80 Å². The van der Waals surface area contributed by atoms with Crippen LogP contribution in [0.25, 0.3) is 0 Å². The topological polar surface area (TPSA) is 77.9 Å². The first-order chi connectivity index (χ1) is 16.9. The number of carbonyl (C=O) groups excluding carboxylic acids is 3. The number of carbonyl (C=O) groups is 3. The largest absolute Gasteiger partial charge is 0.387 e. The number of nitrogens with zero attached hydrogens (tertiary/aromatic N) is 2. The number of thiophene rings is 1. The van der Waals surface area contributed by atoms with Crippen LogP contribution in [0.15, 0.2) is 41.8 Å². The van der Waals surface area contributed by atoms with Gasteiger partial charge in [-0.3, -0.25) is 19.3 Å². The number of halogens is 1. The van der Waals surface area contributed by atoms with Crippen LogP contribution >= 0.6 is 11.3 Å². The fourth-order valence-electron chi connectivity index (χ4n) is 6.07. The molecular formula is C27H31FN2O4S. The molecule has 1 aliphatic carbocycles. The van der Waals surface area contributed by atoms with Gasteiger partial charge >= 0.3 is 0 Å². The third kappa shape index (κ3) is 4.54. The maximum atomic E-state index is 14.2. The molecule has 0 bridgehead atoms. The lowest BCUT2D eigenvalue weighted by Crippen LogP contribution is -2.47. The van der Waals surface area contributed by atoms with Crippen molar-refractivity contribution in [3.8, 4) is 0 Å². The number of benzene rings is 1. The number of likely N-dealkylation sites (tertiary alicyclic amines) is 2. The molecule has 2 atom stereocenters. The molecule has 3 heterocycles. The Kier molecular flexibility index (Phi) is 6.77. The first kappa shape index (κ1) is 24.1. The van der Waals surface area contributed by atoms with Gasteiger partial charge in [0, 0.05) is 36.9 Å². The van der Waals surface area contributed by atoms with E-state index in [1.54, 1.807) is 11.0 Å². The van der Waals surface area contributed by atoms with Crippen LogP contribution in [0.2, 0.25) is 0 Å². The molecule has 2 aromatic rings. The molecule has 35 heavy (non-hydrogen) atoms. The maximum Gasteiger partial charge on any atom is 0.241 e. The van der Waals surface area contributed by atoms with Crippen LogP contribution in [0.5, 0.6) is 0 Å². The predicted octanol–water partition coefficient (Wildman–Crippen LogP) is 4.19. The molecule has 1 N–H and O–H groups in total. The van der Waals surface area contributed by atoms with Crippen molar-refractivity contribution < 1.29 is 23.9 Å². The van der Waals surface area contributed by atoms with E-state index >= 15 is 0 Å². The van der Waals surface area contributed by atoms with E-state index in [0.29, 0.717) is 31.5 Å². The first-order valence-electron chi connectivity index (χ1n) is 12.5. The molecule has 0 radical (unpaired) electrons. The Morgan fingerprint density at radius 1 is 1.11 bits per heavy atom. The Bertz CT molecular complexity index is 1090. The Morgan fingerprint density at radius 3 is 2.51 bits per heavy atom.